The molecule has 0 aliphatic rings. The summed E-state index contributed by atoms with van der Waals surface area (Å²) in [7, 11) is -3.50. The van der Waals surface area contributed by atoms with Gasteiger partial charge in [0.05, 0.1) is 19.8 Å². The smallest absolute Gasteiger partial charge is 0.287 e. The molecule has 0 heterocycles. The lowest BCUT2D eigenvalue weighted by atomic mass is 10.0. The molecule has 0 aliphatic carbocycles. The van der Waals surface area contributed by atoms with Crippen molar-refractivity contribution in [2.24, 2.45) is 5.92 Å². The third-order valence-corrected chi connectivity index (χ3v) is 5.06. The van der Waals surface area contributed by atoms with Crippen molar-refractivity contribution in [2.75, 3.05) is 31.6 Å². The van der Waals surface area contributed by atoms with Crippen LogP contribution in [0.1, 0.15) is 52.4 Å². The molecular formula is C14H29Cl2O4P. The maximum absolute atomic E-state index is 12.5. The molecule has 0 spiro atoms. The Labute approximate surface area is 139 Å². The third kappa shape index (κ3) is 11.9. The SMILES string of the molecule is CCCCC(CC)COP(=O)(OCCCCl)OCCCCl. The second-order valence-corrected chi connectivity index (χ2v) is 7.34. The van der Waals surface area contributed by atoms with E-state index in [-0.39, 0.29) is 13.2 Å². The Hall–Kier alpha value is 0.690. The molecule has 4 nitrogen and oxygen atoms in total. The fraction of sp³-hybridized carbons (Fsp3) is 1.00. The number of rotatable bonds is 15. The van der Waals surface area contributed by atoms with E-state index in [0.717, 1.165) is 25.7 Å². The molecule has 128 valence electrons. The summed E-state index contributed by atoms with van der Waals surface area (Å²) in [5.74, 6) is 1.29. The fourth-order valence-electron chi connectivity index (χ4n) is 1.67. The van der Waals surface area contributed by atoms with Gasteiger partial charge in [0.25, 0.3) is 0 Å². The molecule has 0 rings (SSSR count). The number of phosphoric ester groups is 1. The van der Waals surface area contributed by atoms with Gasteiger partial charge < -0.3 is 0 Å². The molecule has 1 atom stereocenters. The summed E-state index contributed by atoms with van der Waals surface area (Å²) in [6.07, 6.45) is 5.57. The molecule has 7 heteroatoms. The summed E-state index contributed by atoms with van der Waals surface area (Å²) < 4.78 is 28.6. The van der Waals surface area contributed by atoms with Crippen LogP contribution in [0, 0.1) is 5.92 Å². The van der Waals surface area contributed by atoms with Crippen LogP contribution < -0.4 is 0 Å². The van der Waals surface area contributed by atoms with Crippen LogP contribution in [-0.4, -0.2) is 31.6 Å². The van der Waals surface area contributed by atoms with E-state index < -0.39 is 7.82 Å². The molecule has 0 aliphatic heterocycles. The third-order valence-electron chi connectivity index (χ3n) is 3.07. The van der Waals surface area contributed by atoms with Gasteiger partial charge in [0.2, 0.25) is 0 Å². The molecule has 0 fully saturated rings. The van der Waals surface area contributed by atoms with Gasteiger partial charge in [-0.3, -0.25) is 13.6 Å². The highest BCUT2D eigenvalue weighted by molar-refractivity contribution is 7.48. The topological polar surface area (TPSA) is 44.8 Å². The largest absolute Gasteiger partial charge is 0.474 e. The molecule has 1 unspecified atom stereocenters. The highest BCUT2D eigenvalue weighted by atomic mass is 35.5. The van der Waals surface area contributed by atoms with Crippen LogP contribution in [0.5, 0.6) is 0 Å². The van der Waals surface area contributed by atoms with E-state index in [2.05, 4.69) is 13.8 Å². The van der Waals surface area contributed by atoms with E-state index >= 15 is 0 Å². The summed E-state index contributed by atoms with van der Waals surface area (Å²) in [5.41, 5.74) is 0. The Kier molecular flexibility index (Phi) is 14.8. The Morgan fingerprint density at radius 3 is 1.95 bits per heavy atom. The number of hydrogen-bond acceptors (Lipinski definition) is 4. The van der Waals surface area contributed by atoms with Gasteiger partial charge in [-0.1, -0.05) is 33.1 Å². The van der Waals surface area contributed by atoms with Crippen molar-refractivity contribution in [1.29, 1.82) is 0 Å². The van der Waals surface area contributed by atoms with Crippen molar-refractivity contribution < 1.29 is 18.1 Å². The summed E-state index contributed by atoms with van der Waals surface area (Å²) in [6, 6.07) is 0. The molecule has 0 amide bonds. The summed E-state index contributed by atoms with van der Waals surface area (Å²) >= 11 is 11.2. The second kappa shape index (κ2) is 14.3. The minimum absolute atomic E-state index is 0.271. The van der Waals surface area contributed by atoms with Crippen LogP contribution in [0.15, 0.2) is 0 Å². The quantitative estimate of drug-likeness (QED) is 0.215. The van der Waals surface area contributed by atoms with Crippen molar-refractivity contribution >= 4 is 31.0 Å². The van der Waals surface area contributed by atoms with E-state index in [1.165, 1.54) is 0 Å². The average Bonchev–Trinajstić information content (AvgIpc) is 2.48. The van der Waals surface area contributed by atoms with Gasteiger partial charge in [0.15, 0.2) is 0 Å². The molecule has 0 saturated carbocycles. The van der Waals surface area contributed by atoms with Crippen LogP contribution in [0.4, 0.5) is 0 Å². The van der Waals surface area contributed by atoms with Crippen LogP contribution in [0.2, 0.25) is 0 Å². The predicted molar refractivity (Wildman–Crippen MR) is 89.4 cm³/mol. The molecule has 0 radical (unpaired) electrons. The van der Waals surface area contributed by atoms with Gasteiger partial charge >= 0.3 is 7.82 Å². The first-order chi connectivity index (χ1) is 10.1. The van der Waals surface area contributed by atoms with Gasteiger partial charge in [-0.25, -0.2) is 4.57 Å². The molecular weight excluding hydrogens is 334 g/mol. The normalized spacial score (nSPS) is 13.5. The van der Waals surface area contributed by atoms with Gasteiger partial charge in [-0.2, -0.15) is 0 Å². The maximum atomic E-state index is 12.5. The van der Waals surface area contributed by atoms with Crippen molar-refractivity contribution in [3.05, 3.63) is 0 Å². The lowest BCUT2D eigenvalue weighted by molar-refractivity contribution is 0.0975. The Morgan fingerprint density at radius 1 is 0.952 bits per heavy atom. The van der Waals surface area contributed by atoms with Crippen LogP contribution >= 0.6 is 31.0 Å². The summed E-state index contributed by atoms with van der Waals surface area (Å²) in [6.45, 7) is 5.21. The Bertz CT molecular complexity index is 266. The highest BCUT2D eigenvalue weighted by Gasteiger charge is 2.27. The van der Waals surface area contributed by atoms with E-state index in [4.69, 9.17) is 36.8 Å². The first-order valence-corrected chi connectivity index (χ1v) is 10.3. The molecule has 0 aromatic heterocycles. The first-order valence-electron chi connectivity index (χ1n) is 7.77. The number of alkyl halides is 2. The number of unbranched alkanes of at least 4 members (excludes halogenated alkanes) is 1. The average molecular weight is 363 g/mol. The van der Waals surface area contributed by atoms with Crippen LogP contribution in [0.3, 0.4) is 0 Å². The lowest BCUT2D eigenvalue weighted by Gasteiger charge is -2.21. The van der Waals surface area contributed by atoms with Gasteiger partial charge in [0, 0.05) is 11.8 Å². The molecule has 0 aromatic rings. The number of phosphoric acid groups is 1. The van der Waals surface area contributed by atoms with Crippen LogP contribution in [0.25, 0.3) is 0 Å². The standard InChI is InChI=1S/C14H29Cl2O4P/c1-3-5-8-14(4-2)13-20-21(17,18-11-6-9-15)19-12-7-10-16/h14H,3-13H2,1-2H3. The Balaban J connectivity index is 4.31. The van der Waals surface area contributed by atoms with Crippen molar-refractivity contribution in [2.45, 2.75) is 52.4 Å². The molecule has 0 bridgehead atoms. The van der Waals surface area contributed by atoms with Gasteiger partial charge in [-0.15, -0.1) is 23.2 Å². The predicted octanol–water partition coefficient (Wildman–Crippen LogP) is 5.62. The zero-order valence-corrected chi connectivity index (χ0v) is 15.6. The van der Waals surface area contributed by atoms with Crippen LogP contribution in [-0.2, 0) is 18.1 Å². The fourth-order valence-corrected chi connectivity index (χ4v) is 3.21. The minimum Gasteiger partial charge on any atom is -0.287 e. The summed E-state index contributed by atoms with van der Waals surface area (Å²) in [4.78, 5) is 0. The van der Waals surface area contributed by atoms with Crippen molar-refractivity contribution in [1.82, 2.24) is 0 Å². The van der Waals surface area contributed by atoms with Crippen molar-refractivity contribution in [3.8, 4) is 0 Å². The summed E-state index contributed by atoms with van der Waals surface area (Å²) in [5, 5.41) is 0. The van der Waals surface area contributed by atoms with Gasteiger partial charge in [-0.05, 0) is 25.2 Å². The minimum atomic E-state index is -3.50. The lowest BCUT2D eigenvalue weighted by Crippen LogP contribution is -2.11. The highest BCUT2D eigenvalue weighted by Crippen LogP contribution is 2.50. The Morgan fingerprint density at radius 2 is 1.52 bits per heavy atom. The first kappa shape index (κ1) is 21.7. The zero-order chi connectivity index (χ0) is 16.0. The van der Waals surface area contributed by atoms with E-state index in [1.807, 2.05) is 0 Å². The second-order valence-electron chi connectivity index (χ2n) is 4.91. The molecule has 21 heavy (non-hydrogen) atoms. The molecule has 0 N–H and O–H groups in total. The van der Waals surface area contributed by atoms with E-state index in [0.29, 0.717) is 37.1 Å². The van der Waals surface area contributed by atoms with Crippen molar-refractivity contribution in [3.63, 3.8) is 0 Å². The molecule has 0 saturated heterocycles. The van der Waals surface area contributed by atoms with Gasteiger partial charge in [0.1, 0.15) is 0 Å². The van der Waals surface area contributed by atoms with E-state index in [9.17, 15) is 4.57 Å². The maximum Gasteiger partial charge on any atom is 0.474 e. The molecule has 0 aromatic carbocycles. The zero-order valence-electron chi connectivity index (χ0n) is 13.2. The number of hydrogen-bond donors (Lipinski definition) is 0. The monoisotopic (exact) mass is 362 g/mol. The van der Waals surface area contributed by atoms with E-state index in [1.54, 1.807) is 0 Å². The number of halogens is 2.